The number of anilines is 3. The van der Waals surface area contributed by atoms with Crippen LogP contribution in [0.4, 0.5) is 17.3 Å². The lowest BCUT2D eigenvalue weighted by molar-refractivity contribution is 0.102. The van der Waals surface area contributed by atoms with Crippen LogP contribution in [0, 0.1) is 6.92 Å². The van der Waals surface area contributed by atoms with E-state index >= 15 is 0 Å². The SMILES string of the molecule is Cc1cc(C(=O)Nc2ccc(N(C)C)cc2)nc(NC2CCS(=O)(=O)C2)n1. The zero-order valence-corrected chi connectivity index (χ0v) is 16.4. The molecule has 2 aromatic rings. The molecule has 1 saturated heterocycles. The molecule has 0 bridgehead atoms. The number of benzene rings is 1. The Balaban J connectivity index is 1.72. The lowest BCUT2D eigenvalue weighted by Gasteiger charge is -2.14. The van der Waals surface area contributed by atoms with Crippen molar-refractivity contribution in [1.29, 1.82) is 0 Å². The fraction of sp³-hybridized carbons (Fsp3) is 0.389. The molecule has 0 saturated carbocycles. The fourth-order valence-electron chi connectivity index (χ4n) is 2.88. The Bertz CT molecular complexity index is 942. The van der Waals surface area contributed by atoms with Crippen molar-refractivity contribution in [2.75, 3.05) is 41.1 Å². The van der Waals surface area contributed by atoms with Crippen molar-refractivity contribution in [2.45, 2.75) is 19.4 Å². The van der Waals surface area contributed by atoms with Gasteiger partial charge in [0.25, 0.3) is 5.91 Å². The monoisotopic (exact) mass is 389 g/mol. The number of hydrogen-bond donors (Lipinski definition) is 2. The first-order chi connectivity index (χ1) is 12.7. The second kappa shape index (κ2) is 7.51. The molecular weight excluding hydrogens is 366 g/mol. The van der Waals surface area contributed by atoms with Gasteiger partial charge in [0.2, 0.25) is 5.95 Å². The first-order valence-electron chi connectivity index (χ1n) is 8.63. The van der Waals surface area contributed by atoms with Crippen LogP contribution in [0.2, 0.25) is 0 Å². The fourth-order valence-corrected chi connectivity index (χ4v) is 4.55. The number of nitrogens with zero attached hydrogens (tertiary/aromatic N) is 3. The standard InChI is InChI=1S/C18H23N5O3S/c1-12-10-16(17(24)20-13-4-6-15(7-5-13)23(2)3)22-18(19-12)21-14-8-9-27(25,26)11-14/h4-7,10,14H,8-9,11H2,1-3H3,(H,20,24)(H,19,21,22). The second-order valence-electron chi connectivity index (χ2n) is 6.86. The summed E-state index contributed by atoms with van der Waals surface area (Å²) in [6.07, 6.45) is 0.513. The Morgan fingerprint density at radius 1 is 1.19 bits per heavy atom. The van der Waals surface area contributed by atoms with E-state index in [1.54, 1.807) is 13.0 Å². The minimum atomic E-state index is -3.00. The van der Waals surface area contributed by atoms with E-state index in [1.807, 2.05) is 43.3 Å². The van der Waals surface area contributed by atoms with E-state index in [9.17, 15) is 13.2 Å². The zero-order chi connectivity index (χ0) is 19.6. The van der Waals surface area contributed by atoms with Crippen molar-refractivity contribution >= 4 is 33.1 Å². The topological polar surface area (TPSA) is 104 Å². The van der Waals surface area contributed by atoms with E-state index in [2.05, 4.69) is 20.6 Å². The predicted molar refractivity (Wildman–Crippen MR) is 106 cm³/mol. The van der Waals surface area contributed by atoms with Crippen LogP contribution in [0.5, 0.6) is 0 Å². The number of sulfone groups is 1. The molecule has 1 fully saturated rings. The third-order valence-corrected chi connectivity index (χ3v) is 6.06. The van der Waals surface area contributed by atoms with E-state index in [1.165, 1.54) is 0 Å². The molecule has 1 unspecified atom stereocenters. The van der Waals surface area contributed by atoms with Gasteiger partial charge in [0.05, 0.1) is 11.5 Å². The summed E-state index contributed by atoms with van der Waals surface area (Å²) in [6, 6.07) is 8.84. The summed E-state index contributed by atoms with van der Waals surface area (Å²) in [5.41, 5.74) is 2.55. The smallest absolute Gasteiger partial charge is 0.274 e. The Labute approximate surface area is 158 Å². The quantitative estimate of drug-likeness (QED) is 0.802. The molecule has 1 aromatic carbocycles. The van der Waals surface area contributed by atoms with Crippen LogP contribution in [0.3, 0.4) is 0 Å². The van der Waals surface area contributed by atoms with E-state index in [0.29, 0.717) is 17.8 Å². The number of amides is 1. The number of carbonyl (C=O) groups is 1. The third-order valence-electron chi connectivity index (χ3n) is 4.29. The Morgan fingerprint density at radius 3 is 2.48 bits per heavy atom. The van der Waals surface area contributed by atoms with Crippen LogP contribution in [0.25, 0.3) is 0 Å². The Morgan fingerprint density at radius 2 is 1.89 bits per heavy atom. The van der Waals surface area contributed by atoms with Crippen LogP contribution in [0.15, 0.2) is 30.3 Å². The Kier molecular flexibility index (Phi) is 5.31. The maximum atomic E-state index is 12.5. The molecular formula is C18H23N5O3S. The molecule has 2 N–H and O–H groups in total. The highest BCUT2D eigenvalue weighted by molar-refractivity contribution is 7.91. The normalized spacial score (nSPS) is 18.1. The van der Waals surface area contributed by atoms with E-state index in [4.69, 9.17) is 0 Å². The van der Waals surface area contributed by atoms with Crippen LogP contribution < -0.4 is 15.5 Å². The Hall–Kier alpha value is -2.68. The average Bonchev–Trinajstić information content (AvgIpc) is 2.93. The largest absolute Gasteiger partial charge is 0.378 e. The van der Waals surface area contributed by atoms with Crippen molar-refractivity contribution in [3.8, 4) is 0 Å². The van der Waals surface area contributed by atoms with Gasteiger partial charge >= 0.3 is 0 Å². The van der Waals surface area contributed by atoms with Crippen LogP contribution in [-0.4, -0.2) is 55.9 Å². The number of aryl methyl sites for hydroxylation is 1. The minimum Gasteiger partial charge on any atom is -0.378 e. The maximum Gasteiger partial charge on any atom is 0.274 e. The highest BCUT2D eigenvalue weighted by Crippen LogP contribution is 2.18. The van der Waals surface area contributed by atoms with Gasteiger partial charge in [0, 0.05) is 37.2 Å². The van der Waals surface area contributed by atoms with Gasteiger partial charge in [0.1, 0.15) is 5.69 Å². The molecule has 0 radical (unpaired) electrons. The van der Waals surface area contributed by atoms with Crippen molar-refractivity contribution < 1.29 is 13.2 Å². The summed E-state index contributed by atoms with van der Waals surface area (Å²) in [5, 5.41) is 5.84. The van der Waals surface area contributed by atoms with Gasteiger partial charge in [-0.2, -0.15) is 0 Å². The van der Waals surface area contributed by atoms with Crippen LogP contribution in [0.1, 0.15) is 22.6 Å². The molecule has 1 amide bonds. The molecule has 1 atom stereocenters. The number of rotatable bonds is 5. The summed E-state index contributed by atoms with van der Waals surface area (Å²) in [4.78, 5) is 23.0. The molecule has 1 aliphatic heterocycles. The summed E-state index contributed by atoms with van der Waals surface area (Å²) < 4.78 is 23.2. The highest BCUT2D eigenvalue weighted by Gasteiger charge is 2.28. The molecule has 1 aromatic heterocycles. The van der Waals surface area contributed by atoms with Gasteiger partial charge in [0.15, 0.2) is 9.84 Å². The van der Waals surface area contributed by atoms with Crippen molar-refractivity contribution in [3.63, 3.8) is 0 Å². The maximum absolute atomic E-state index is 12.5. The van der Waals surface area contributed by atoms with Gasteiger partial charge in [-0.3, -0.25) is 4.79 Å². The van der Waals surface area contributed by atoms with Gasteiger partial charge in [-0.05, 0) is 43.7 Å². The zero-order valence-electron chi connectivity index (χ0n) is 15.6. The van der Waals surface area contributed by atoms with Crippen LogP contribution in [-0.2, 0) is 9.84 Å². The van der Waals surface area contributed by atoms with Gasteiger partial charge in [-0.25, -0.2) is 18.4 Å². The molecule has 27 heavy (non-hydrogen) atoms. The molecule has 9 heteroatoms. The lowest BCUT2D eigenvalue weighted by atomic mass is 10.2. The predicted octanol–water partition coefficient (Wildman–Crippen LogP) is 1.70. The lowest BCUT2D eigenvalue weighted by Crippen LogP contribution is -2.23. The van der Waals surface area contributed by atoms with E-state index in [0.717, 1.165) is 5.69 Å². The van der Waals surface area contributed by atoms with Crippen molar-refractivity contribution in [2.24, 2.45) is 0 Å². The third kappa shape index (κ3) is 4.94. The molecule has 0 spiro atoms. The number of aromatic nitrogens is 2. The first-order valence-corrected chi connectivity index (χ1v) is 10.5. The van der Waals surface area contributed by atoms with Crippen molar-refractivity contribution in [1.82, 2.24) is 9.97 Å². The van der Waals surface area contributed by atoms with Crippen LogP contribution >= 0.6 is 0 Å². The summed E-state index contributed by atoms with van der Waals surface area (Å²) in [5.74, 6) is 0.141. The summed E-state index contributed by atoms with van der Waals surface area (Å²) in [7, 11) is 0.888. The molecule has 144 valence electrons. The number of hydrogen-bond acceptors (Lipinski definition) is 7. The second-order valence-corrected chi connectivity index (χ2v) is 9.09. The van der Waals surface area contributed by atoms with E-state index < -0.39 is 9.84 Å². The molecule has 2 heterocycles. The average molecular weight is 389 g/mol. The number of nitrogens with one attached hydrogen (secondary N) is 2. The highest BCUT2D eigenvalue weighted by atomic mass is 32.2. The van der Waals surface area contributed by atoms with Crippen molar-refractivity contribution in [3.05, 3.63) is 41.7 Å². The number of carbonyl (C=O) groups excluding carboxylic acids is 1. The van der Waals surface area contributed by atoms with Gasteiger partial charge in [-0.1, -0.05) is 0 Å². The first kappa shape index (κ1) is 19.1. The molecule has 8 nitrogen and oxygen atoms in total. The van der Waals surface area contributed by atoms with E-state index in [-0.39, 0.29) is 35.1 Å². The van der Waals surface area contributed by atoms with Gasteiger partial charge < -0.3 is 15.5 Å². The molecule has 0 aliphatic carbocycles. The summed E-state index contributed by atoms with van der Waals surface area (Å²) in [6.45, 7) is 1.76. The molecule has 3 rings (SSSR count). The summed E-state index contributed by atoms with van der Waals surface area (Å²) >= 11 is 0. The molecule has 1 aliphatic rings. The minimum absolute atomic E-state index is 0.0596. The van der Waals surface area contributed by atoms with Gasteiger partial charge in [-0.15, -0.1) is 0 Å².